The molecular formula is C16H19NO4. The number of methoxy groups -OCH3 is 1. The van der Waals surface area contributed by atoms with Gasteiger partial charge in [0.1, 0.15) is 6.61 Å². The number of para-hydroxylation sites is 1. The van der Waals surface area contributed by atoms with Gasteiger partial charge in [-0.25, -0.2) is 4.98 Å². The van der Waals surface area contributed by atoms with Crippen LogP contribution < -0.4 is 14.2 Å². The molecule has 0 bridgehead atoms. The first-order valence-electron chi connectivity index (χ1n) is 6.76. The van der Waals surface area contributed by atoms with Gasteiger partial charge in [-0.15, -0.1) is 0 Å². The summed E-state index contributed by atoms with van der Waals surface area (Å²) in [6, 6.07) is 9.15. The zero-order valence-corrected chi connectivity index (χ0v) is 12.2. The number of rotatable bonds is 7. The minimum absolute atomic E-state index is 0.111. The Morgan fingerprint density at radius 2 is 1.90 bits per heavy atom. The van der Waals surface area contributed by atoms with E-state index in [1.54, 1.807) is 19.4 Å². The molecule has 1 N–H and O–H groups in total. The fourth-order valence-electron chi connectivity index (χ4n) is 1.99. The highest BCUT2D eigenvalue weighted by Crippen LogP contribution is 2.32. The number of aromatic nitrogens is 1. The van der Waals surface area contributed by atoms with Crippen LogP contribution in [0.2, 0.25) is 0 Å². The topological polar surface area (TPSA) is 60.8 Å². The summed E-state index contributed by atoms with van der Waals surface area (Å²) in [5.74, 6) is 1.69. The standard InChI is InChI=1S/C16H19NO4/c1-3-20-14-8-4-6-12(10-18)15(14)21-11-13-7-5-9-17-16(13)19-2/h4-9,18H,3,10-11H2,1-2H3. The average Bonchev–Trinajstić information content (AvgIpc) is 2.54. The van der Waals surface area contributed by atoms with Crippen molar-refractivity contribution in [3.63, 3.8) is 0 Å². The van der Waals surface area contributed by atoms with Crippen molar-refractivity contribution in [2.75, 3.05) is 13.7 Å². The van der Waals surface area contributed by atoms with Crippen molar-refractivity contribution in [3.05, 3.63) is 47.7 Å². The fraction of sp³-hybridized carbons (Fsp3) is 0.312. The Bertz CT molecular complexity index is 586. The van der Waals surface area contributed by atoms with Gasteiger partial charge in [0.25, 0.3) is 0 Å². The third-order valence-corrected chi connectivity index (χ3v) is 2.95. The molecule has 0 fully saturated rings. The van der Waals surface area contributed by atoms with E-state index < -0.39 is 0 Å². The molecule has 0 amide bonds. The lowest BCUT2D eigenvalue weighted by Crippen LogP contribution is -2.04. The van der Waals surface area contributed by atoms with Crippen molar-refractivity contribution in [2.24, 2.45) is 0 Å². The zero-order chi connectivity index (χ0) is 15.1. The molecule has 0 saturated heterocycles. The number of hydrogen-bond acceptors (Lipinski definition) is 5. The van der Waals surface area contributed by atoms with Crippen molar-refractivity contribution in [1.82, 2.24) is 4.98 Å². The lowest BCUT2D eigenvalue weighted by atomic mass is 10.2. The van der Waals surface area contributed by atoms with Gasteiger partial charge >= 0.3 is 0 Å². The first-order valence-corrected chi connectivity index (χ1v) is 6.76. The van der Waals surface area contributed by atoms with Gasteiger partial charge < -0.3 is 19.3 Å². The minimum Gasteiger partial charge on any atom is -0.490 e. The van der Waals surface area contributed by atoms with Crippen molar-refractivity contribution in [2.45, 2.75) is 20.1 Å². The summed E-state index contributed by atoms with van der Waals surface area (Å²) in [7, 11) is 1.57. The molecule has 112 valence electrons. The Morgan fingerprint density at radius 1 is 1.10 bits per heavy atom. The maximum Gasteiger partial charge on any atom is 0.219 e. The van der Waals surface area contributed by atoms with E-state index in [0.717, 1.165) is 5.56 Å². The molecule has 0 atom stereocenters. The average molecular weight is 289 g/mol. The third kappa shape index (κ3) is 3.64. The number of benzene rings is 1. The highest BCUT2D eigenvalue weighted by molar-refractivity contribution is 5.46. The molecule has 0 aliphatic heterocycles. The van der Waals surface area contributed by atoms with Gasteiger partial charge in [-0.2, -0.15) is 0 Å². The summed E-state index contributed by atoms with van der Waals surface area (Å²) in [5.41, 5.74) is 1.51. The molecule has 0 saturated carbocycles. The maximum absolute atomic E-state index is 9.44. The molecule has 5 nitrogen and oxygen atoms in total. The van der Waals surface area contributed by atoms with E-state index >= 15 is 0 Å². The minimum atomic E-state index is -0.111. The molecule has 1 heterocycles. The fourth-order valence-corrected chi connectivity index (χ4v) is 1.99. The molecule has 2 aromatic rings. The van der Waals surface area contributed by atoms with Gasteiger partial charge in [-0.1, -0.05) is 12.1 Å². The second-order valence-electron chi connectivity index (χ2n) is 4.30. The highest BCUT2D eigenvalue weighted by Gasteiger charge is 2.12. The number of pyridine rings is 1. The summed E-state index contributed by atoms with van der Waals surface area (Å²) in [5, 5.41) is 9.44. The van der Waals surface area contributed by atoms with E-state index in [9.17, 15) is 5.11 Å². The van der Waals surface area contributed by atoms with Gasteiger partial charge in [0.05, 0.1) is 25.9 Å². The van der Waals surface area contributed by atoms with E-state index in [0.29, 0.717) is 29.5 Å². The maximum atomic E-state index is 9.44. The number of aliphatic hydroxyl groups excluding tert-OH is 1. The first kappa shape index (κ1) is 15.1. The van der Waals surface area contributed by atoms with Gasteiger partial charge in [0.15, 0.2) is 11.5 Å². The molecule has 0 aliphatic carbocycles. The van der Waals surface area contributed by atoms with Crippen molar-refractivity contribution >= 4 is 0 Å². The molecule has 2 rings (SSSR count). The second kappa shape index (κ2) is 7.50. The van der Waals surface area contributed by atoms with Crippen LogP contribution in [0.4, 0.5) is 0 Å². The summed E-state index contributed by atoms with van der Waals surface area (Å²) >= 11 is 0. The lowest BCUT2D eigenvalue weighted by Gasteiger charge is -2.15. The lowest BCUT2D eigenvalue weighted by molar-refractivity contribution is 0.240. The van der Waals surface area contributed by atoms with Crippen LogP contribution in [0.1, 0.15) is 18.1 Å². The number of nitrogens with zero attached hydrogens (tertiary/aromatic N) is 1. The van der Waals surface area contributed by atoms with Crippen LogP contribution in [0, 0.1) is 0 Å². The Balaban J connectivity index is 2.22. The van der Waals surface area contributed by atoms with Gasteiger partial charge in [0.2, 0.25) is 5.88 Å². The Hall–Kier alpha value is -2.27. The zero-order valence-electron chi connectivity index (χ0n) is 12.2. The number of ether oxygens (including phenoxy) is 3. The van der Waals surface area contributed by atoms with Crippen LogP contribution in [0.25, 0.3) is 0 Å². The molecule has 1 aromatic heterocycles. The van der Waals surface area contributed by atoms with Crippen LogP contribution in [0.15, 0.2) is 36.5 Å². The molecule has 0 aliphatic rings. The molecule has 1 aromatic carbocycles. The molecule has 0 unspecified atom stereocenters. The molecule has 5 heteroatoms. The van der Waals surface area contributed by atoms with Crippen LogP contribution in [0.3, 0.4) is 0 Å². The Kier molecular flexibility index (Phi) is 5.40. The quantitative estimate of drug-likeness (QED) is 0.849. The summed E-state index contributed by atoms with van der Waals surface area (Å²) in [6.45, 7) is 2.61. The second-order valence-corrected chi connectivity index (χ2v) is 4.30. The Morgan fingerprint density at radius 3 is 2.62 bits per heavy atom. The largest absolute Gasteiger partial charge is 0.490 e. The van der Waals surface area contributed by atoms with E-state index in [-0.39, 0.29) is 13.2 Å². The van der Waals surface area contributed by atoms with E-state index in [1.165, 1.54) is 0 Å². The summed E-state index contributed by atoms with van der Waals surface area (Å²) in [6.07, 6.45) is 1.66. The highest BCUT2D eigenvalue weighted by atomic mass is 16.5. The van der Waals surface area contributed by atoms with Crippen molar-refractivity contribution in [3.8, 4) is 17.4 Å². The summed E-state index contributed by atoms with van der Waals surface area (Å²) < 4.78 is 16.6. The predicted molar refractivity (Wildman–Crippen MR) is 78.7 cm³/mol. The summed E-state index contributed by atoms with van der Waals surface area (Å²) in [4.78, 5) is 4.13. The smallest absolute Gasteiger partial charge is 0.219 e. The molecule has 0 spiro atoms. The van der Waals surface area contributed by atoms with Gasteiger partial charge in [0, 0.05) is 11.8 Å². The SMILES string of the molecule is CCOc1cccc(CO)c1OCc1cccnc1OC. The third-order valence-electron chi connectivity index (χ3n) is 2.95. The van der Waals surface area contributed by atoms with Gasteiger partial charge in [-0.3, -0.25) is 0 Å². The predicted octanol–water partition coefficient (Wildman–Crippen LogP) is 2.56. The van der Waals surface area contributed by atoms with E-state index in [2.05, 4.69) is 4.98 Å². The van der Waals surface area contributed by atoms with Crippen LogP contribution >= 0.6 is 0 Å². The van der Waals surface area contributed by atoms with Crippen LogP contribution in [0.5, 0.6) is 17.4 Å². The van der Waals surface area contributed by atoms with Crippen LogP contribution in [-0.4, -0.2) is 23.8 Å². The van der Waals surface area contributed by atoms with Crippen molar-refractivity contribution < 1.29 is 19.3 Å². The molecular weight excluding hydrogens is 270 g/mol. The number of hydrogen-bond donors (Lipinski definition) is 1. The Labute approximate surface area is 124 Å². The molecule has 21 heavy (non-hydrogen) atoms. The monoisotopic (exact) mass is 289 g/mol. The van der Waals surface area contributed by atoms with Crippen molar-refractivity contribution in [1.29, 1.82) is 0 Å². The first-order chi connectivity index (χ1) is 10.3. The normalized spacial score (nSPS) is 10.2. The van der Waals surface area contributed by atoms with E-state index in [1.807, 2.05) is 31.2 Å². The number of aliphatic hydroxyl groups is 1. The van der Waals surface area contributed by atoms with E-state index in [4.69, 9.17) is 14.2 Å². The molecule has 0 radical (unpaired) electrons. The van der Waals surface area contributed by atoms with Crippen LogP contribution in [-0.2, 0) is 13.2 Å². The van der Waals surface area contributed by atoms with Gasteiger partial charge in [-0.05, 0) is 25.1 Å².